The van der Waals surface area contributed by atoms with Gasteiger partial charge >= 0.3 is 6.18 Å². The number of nitrogens with zero attached hydrogens (tertiary/aromatic N) is 2. The van der Waals surface area contributed by atoms with Crippen LogP contribution in [0.3, 0.4) is 0 Å². The Hall–Kier alpha value is -4.51. The zero-order valence-corrected chi connectivity index (χ0v) is 19.6. The van der Waals surface area contributed by atoms with Crippen LogP contribution in [0.2, 0.25) is 0 Å². The first kappa shape index (κ1) is 25.6. The monoisotopic (exact) mass is 508 g/mol. The summed E-state index contributed by atoms with van der Waals surface area (Å²) in [6.07, 6.45) is -3.14. The summed E-state index contributed by atoms with van der Waals surface area (Å²) >= 11 is 0. The van der Waals surface area contributed by atoms with Crippen molar-refractivity contribution in [3.63, 3.8) is 0 Å². The molecule has 0 aliphatic heterocycles. The van der Waals surface area contributed by atoms with Crippen molar-refractivity contribution in [1.29, 1.82) is 0 Å². The van der Waals surface area contributed by atoms with Crippen LogP contribution < -0.4 is 21.7 Å². The first-order valence-electron chi connectivity index (χ1n) is 11.2. The van der Waals surface area contributed by atoms with E-state index in [1.165, 1.54) is 6.33 Å². The van der Waals surface area contributed by atoms with E-state index in [-0.39, 0.29) is 17.2 Å². The standard InChI is InChI=1S/C26H23F3N6O2/c1-31-13-21(35-24-20-7-3-6-19(23(30)36)22(20)32-14-33-24)16-4-2-5-18(12-16)34-25(37)15-8-10-17(11-9-15)26(27,28)29/h2-12,14,21,31H,13H2,1H3,(H2,30,36)(H,34,37)(H,32,33,35). The number of anilines is 2. The van der Waals surface area contributed by atoms with Crippen LogP contribution in [0.25, 0.3) is 10.9 Å². The molecule has 190 valence electrons. The summed E-state index contributed by atoms with van der Waals surface area (Å²) < 4.78 is 38.4. The van der Waals surface area contributed by atoms with E-state index in [0.717, 1.165) is 29.8 Å². The number of likely N-dealkylation sites (N-methyl/N-ethyl adjacent to an activating group) is 1. The number of carbonyl (C=O) groups excluding carboxylic acids is 2. The van der Waals surface area contributed by atoms with Gasteiger partial charge < -0.3 is 21.7 Å². The summed E-state index contributed by atoms with van der Waals surface area (Å²) in [6, 6.07) is 15.8. The summed E-state index contributed by atoms with van der Waals surface area (Å²) in [7, 11) is 1.79. The van der Waals surface area contributed by atoms with Crippen molar-refractivity contribution in [1.82, 2.24) is 15.3 Å². The van der Waals surface area contributed by atoms with Gasteiger partial charge in [-0.25, -0.2) is 9.97 Å². The van der Waals surface area contributed by atoms with Gasteiger partial charge in [-0.05, 0) is 61.1 Å². The molecule has 1 atom stereocenters. The maximum absolute atomic E-state index is 12.8. The Kier molecular flexibility index (Phi) is 7.35. The molecule has 0 radical (unpaired) electrons. The van der Waals surface area contributed by atoms with Gasteiger partial charge in [-0.2, -0.15) is 13.2 Å². The lowest BCUT2D eigenvalue weighted by atomic mass is 10.0. The number of para-hydroxylation sites is 1. The number of amides is 2. The fourth-order valence-electron chi connectivity index (χ4n) is 3.87. The van der Waals surface area contributed by atoms with Crippen LogP contribution in [0.15, 0.2) is 73.1 Å². The molecule has 0 saturated heterocycles. The van der Waals surface area contributed by atoms with Gasteiger partial charge in [0.05, 0.1) is 22.7 Å². The van der Waals surface area contributed by atoms with Crippen molar-refractivity contribution in [2.75, 3.05) is 24.2 Å². The topological polar surface area (TPSA) is 122 Å². The van der Waals surface area contributed by atoms with E-state index in [1.807, 2.05) is 6.07 Å². The highest BCUT2D eigenvalue weighted by atomic mass is 19.4. The fourth-order valence-corrected chi connectivity index (χ4v) is 3.87. The third-order valence-corrected chi connectivity index (χ3v) is 5.67. The number of primary amides is 1. The molecule has 4 aromatic rings. The molecule has 11 heteroatoms. The molecule has 0 aliphatic rings. The number of nitrogens with two attached hydrogens (primary N) is 1. The Bertz CT molecular complexity index is 1440. The van der Waals surface area contributed by atoms with Crippen molar-refractivity contribution in [3.8, 4) is 0 Å². The second-order valence-electron chi connectivity index (χ2n) is 8.20. The third-order valence-electron chi connectivity index (χ3n) is 5.67. The summed E-state index contributed by atoms with van der Waals surface area (Å²) in [5, 5.41) is 9.80. The quantitative estimate of drug-likeness (QED) is 0.280. The highest BCUT2D eigenvalue weighted by Crippen LogP contribution is 2.30. The van der Waals surface area contributed by atoms with Gasteiger partial charge in [0.25, 0.3) is 11.8 Å². The van der Waals surface area contributed by atoms with E-state index >= 15 is 0 Å². The second kappa shape index (κ2) is 10.6. The number of rotatable bonds is 8. The Morgan fingerprint density at radius 3 is 2.41 bits per heavy atom. The number of halogens is 3. The number of aromatic nitrogens is 2. The summed E-state index contributed by atoms with van der Waals surface area (Å²) in [4.78, 5) is 33.0. The van der Waals surface area contributed by atoms with Crippen molar-refractivity contribution >= 4 is 34.2 Å². The van der Waals surface area contributed by atoms with Gasteiger partial charge in [-0.3, -0.25) is 9.59 Å². The fraction of sp³-hybridized carbons (Fsp3) is 0.154. The second-order valence-corrected chi connectivity index (χ2v) is 8.20. The SMILES string of the molecule is CNCC(Nc1ncnc2c(C(N)=O)cccc12)c1cccc(NC(=O)c2ccc(C(F)(F)F)cc2)c1. The van der Waals surface area contributed by atoms with Crippen LogP contribution in [-0.4, -0.2) is 35.4 Å². The maximum Gasteiger partial charge on any atom is 0.416 e. The molecular formula is C26H23F3N6O2. The van der Waals surface area contributed by atoms with Gasteiger partial charge in [0, 0.05) is 23.2 Å². The van der Waals surface area contributed by atoms with Crippen LogP contribution in [-0.2, 0) is 6.18 Å². The molecule has 1 unspecified atom stereocenters. The first-order valence-corrected chi connectivity index (χ1v) is 11.2. The summed E-state index contributed by atoms with van der Waals surface area (Å²) in [5.74, 6) is -0.643. The molecule has 1 aromatic heterocycles. The Balaban J connectivity index is 1.57. The summed E-state index contributed by atoms with van der Waals surface area (Å²) in [5.41, 5.74) is 6.72. The highest BCUT2D eigenvalue weighted by molar-refractivity contribution is 6.07. The number of alkyl halides is 3. The smallest absolute Gasteiger partial charge is 0.366 e. The molecule has 4 rings (SSSR count). The molecule has 0 spiro atoms. The van der Waals surface area contributed by atoms with E-state index in [1.54, 1.807) is 43.4 Å². The lowest BCUT2D eigenvalue weighted by Gasteiger charge is -2.21. The maximum atomic E-state index is 12.8. The van der Waals surface area contributed by atoms with Crippen molar-refractivity contribution < 1.29 is 22.8 Å². The third kappa shape index (κ3) is 5.84. The van der Waals surface area contributed by atoms with Crippen LogP contribution in [0.1, 0.15) is 37.9 Å². The van der Waals surface area contributed by atoms with E-state index in [2.05, 4.69) is 25.9 Å². The number of hydrogen-bond acceptors (Lipinski definition) is 6. The van der Waals surface area contributed by atoms with Gasteiger partial charge in [-0.1, -0.05) is 18.2 Å². The largest absolute Gasteiger partial charge is 0.416 e. The van der Waals surface area contributed by atoms with Gasteiger partial charge in [0.1, 0.15) is 12.1 Å². The van der Waals surface area contributed by atoms with Gasteiger partial charge in [-0.15, -0.1) is 0 Å². The molecule has 3 aromatic carbocycles. The normalized spacial score (nSPS) is 12.2. The number of carbonyl (C=O) groups is 2. The predicted octanol–water partition coefficient (Wildman–Crippen LogP) is 4.37. The van der Waals surface area contributed by atoms with Crippen LogP contribution in [0.4, 0.5) is 24.7 Å². The molecule has 8 nitrogen and oxygen atoms in total. The van der Waals surface area contributed by atoms with E-state index < -0.39 is 23.6 Å². The Morgan fingerprint density at radius 2 is 1.73 bits per heavy atom. The predicted molar refractivity (Wildman–Crippen MR) is 134 cm³/mol. The van der Waals surface area contributed by atoms with Crippen molar-refractivity contribution in [2.24, 2.45) is 5.73 Å². The average molecular weight is 509 g/mol. The van der Waals surface area contributed by atoms with Crippen LogP contribution >= 0.6 is 0 Å². The summed E-state index contributed by atoms with van der Waals surface area (Å²) in [6.45, 7) is 0.483. The lowest BCUT2D eigenvalue weighted by Crippen LogP contribution is -2.24. The molecule has 1 heterocycles. The first-order chi connectivity index (χ1) is 17.7. The average Bonchev–Trinajstić information content (AvgIpc) is 2.88. The molecule has 0 aliphatic carbocycles. The molecule has 0 fully saturated rings. The molecule has 37 heavy (non-hydrogen) atoms. The van der Waals surface area contributed by atoms with Crippen LogP contribution in [0, 0.1) is 0 Å². The molecule has 0 saturated carbocycles. The highest BCUT2D eigenvalue weighted by Gasteiger charge is 2.30. The molecule has 5 N–H and O–H groups in total. The minimum absolute atomic E-state index is 0.0982. The zero-order chi connectivity index (χ0) is 26.6. The van der Waals surface area contributed by atoms with E-state index in [0.29, 0.717) is 29.0 Å². The van der Waals surface area contributed by atoms with E-state index in [9.17, 15) is 22.8 Å². The van der Waals surface area contributed by atoms with Crippen LogP contribution in [0.5, 0.6) is 0 Å². The van der Waals surface area contributed by atoms with Gasteiger partial charge in [0.15, 0.2) is 0 Å². The van der Waals surface area contributed by atoms with E-state index in [4.69, 9.17) is 5.73 Å². The molecular weight excluding hydrogens is 485 g/mol. The Labute approximate surface area is 210 Å². The minimum Gasteiger partial charge on any atom is -0.366 e. The lowest BCUT2D eigenvalue weighted by molar-refractivity contribution is -0.137. The molecule has 2 amide bonds. The van der Waals surface area contributed by atoms with Gasteiger partial charge in [0.2, 0.25) is 0 Å². The number of fused-ring (bicyclic) bond motifs is 1. The number of hydrogen-bond donors (Lipinski definition) is 4. The zero-order valence-electron chi connectivity index (χ0n) is 19.6. The Morgan fingerprint density at radius 1 is 1.00 bits per heavy atom. The minimum atomic E-state index is -4.48. The molecule has 0 bridgehead atoms. The number of benzene rings is 3. The van der Waals surface area contributed by atoms with Crippen molar-refractivity contribution in [2.45, 2.75) is 12.2 Å². The number of nitrogens with one attached hydrogen (secondary N) is 3. The van der Waals surface area contributed by atoms with Crippen molar-refractivity contribution in [3.05, 3.63) is 95.3 Å².